The fourth-order valence-electron chi connectivity index (χ4n) is 1.86. The van der Waals surface area contributed by atoms with Crippen LogP contribution in [0.5, 0.6) is 0 Å². The van der Waals surface area contributed by atoms with Gasteiger partial charge in [0.1, 0.15) is 5.82 Å². The predicted octanol–water partition coefficient (Wildman–Crippen LogP) is 2.22. The molecule has 0 aliphatic rings. The van der Waals surface area contributed by atoms with Gasteiger partial charge in [0.25, 0.3) is 0 Å². The van der Waals surface area contributed by atoms with Crippen molar-refractivity contribution in [1.82, 2.24) is 20.3 Å². The fourth-order valence-corrected chi connectivity index (χ4v) is 2.24. The number of aryl methyl sites for hydroxylation is 1. The Bertz CT molecular complexity index is 541. The zero-order chi connectivity index (χ0) is 13.1. The van der Waals surface area contributed by atoms with Gasteiger partial charge in [0, 0.05) is 31.3 Å². The molecule has 2 rings (SSSR count). The zero-order valence-electron chi connectivity index (χ0n) is 10.2. The molecule has 4 nitrogen and oxygen atoms in total. The summed E-state index contributed by atoms with van der Waals surface area (Å²) in [4.78, 5) is 0. The molecule has 1 aromatic heterocycles. The molecule has 1 atom stereocenters. The molecule has 96 valence electrons. The van der Waals surface area contributed by atoms with E-state index in [4.69, 9.17) is 0 Å². The van der Waals surface area contributed by atoms with Crippen molar-refractivity contribution in [2.24, 2.45) is 7.05 Å². The molecule has 6 heteroatoms. The Morgan fingerprint density at radius 2 is 2.28 bits per heavy atom. The van der Waals surface area contributed by atoms with E-state index in [-0.39, 0.29) is 11.9 Å². The van der Waals surface area contributed by atoms with Gasteiger partial charge in [-0.1, -0.05) is 17.3 Å². The lowest BCUT2D eigenvalue weighted by Crippen LogP contribution is -2.20. The van der Waals surface area contributed by atoms with E-state index in [1.54, 1.807) is 23.9 Å². The van der Waals surface area contributed by atoms with Crippen molar-refractivity contribution in [3.63, 3.8) is 0 Å². The van der Waals surface area contributed by atoms with Crippen LogP contribution in [0.4, 0.5) is 4.39 Å². The summed E-state index contributed by atoms with van der Waals surface area (Å²) in [5, 5.41) is 11.0. The molecule has 1 heterocycles. The van der Waals surface area contributed by atoms with Gasteiger partial charge < -0.3 is 5.32 Å². The molecular weight excluding hydrogens is 299 g/mol. The first kappa shape index (κ1) is 13.2. The van der Waals surface area contributed by atoms with Crippen molar-refractivity contribution in [2.45, 2.75) is 12.5 Å². The van der Waals surface area contributed by atoms with Gasteiger partial charge in [-0.3, -0.25) is 4.68 Å². The Morgan fingerprint density at radius 1 is 1.50 bits per heavy atom. The van der Waals surface area contributed by atoms with E-state index < -0.39 is 0 Å². The summed E-state index contributed by atoms with van der Waals surface area (Å²) in [6, 6.07) is 5.16. The van der Waals surface area contributed by atoms with Gasteiger partial charge in [0.15, 0.2) is 0 Å². The maximum Gasteiger partial charge on any atom is 0.142 e. The van der Waals surface area contributed by atoms with Crippen LogP contribution in [0.3, 0.4) is 0 Å². The van der Waals surface area contributed by atoms with E-state index >= 15 is 0 Å². The number of nitrogens with zero attached hydrogens (tertiary/aromatic N) is 3. The van der Waals surface area contributed by atoms with Crippen LogP contribution in [-0.4, -0.2) is 22.0 Å². The van der Waals surface area contributed by atoms with E-state index in [1.807, 2.05) is 19.3 Å². The summed E-state index contributed by atoms with van der Waals surface area (Å²) < 4.78 is 16.1. The first-order valence-electron chi connectivity index (χ1n) is 5.58. The molecule has 0 aliphatic carbocycles. The number of hydrogen-bond acceptors (Lipinski definition) is 3. The van der Waals surface area contributed by atoms with Crippen LogP contribution < -0.4 is 5.32 Å². The number of nitrogens with one attached hydrogen (secondary N) is 1. The van der Waals surface area contributed by atoms with Crippen molar-refractivity contribution in [1.29, 1.82) is 0 Å². The fraction of sp³-hybridized carbons (Fsp3) is 0.333. The summed E-state index contributed by atoms with van der Waals surface area (Å²) in [5.41, 5.74) is 1.45. The molecule has 1 N–H and O–H groups in total. The van der Waals surface area contributed by atoms with Crippen LogP contribution in [-0.2, 0) is 13.5 Å². The summed E-state index contributed by atoms with van der Waals surface area (Å²) in [6.45, 7) is 0. The van der Waals surface area contributed by atoms with Crippen molar-refractivity contribution in [3.05, 3.63) is 45.9 Å². The highest BCUT2D eigenvalue weighted by Gasteiger charge is 2.17. The highest BCUT2D eigenvalue weighted by Crippen LogP contribution is 2.25. The predicted molar refractivity (Wildman–Crippen MR) is 70.6 cm³/mol. The Kier molecular flexibility index (Phi) is 4.08. The SMILES string of the molecule is CNC(Cc1cn(C)nn1)c1cccc(Br)c1F. The molecule has 0 amide bonds. The second kappa shape index (κ2) is 5.58. The summed E-state index contributed by atoms with van der Waals surface area (Å²) >= 11 is 3.20. The average Bonchev–Trinajstić information content (AvgIpc) is 2.76. The molecule has 1 unspecified atom stereocenters. The third-order valence-electron chi connectivity index (χ3n) is 2.77. The highest BCUT2D eigenvalue weighted by atomic mass is 79.9. The van der Waals surface area contributed by atoms with E-state index in [9.17, 15) is 4.39 Å². The number of likely N-dealkylation sites (N-methyl/N-ethyl adjacent to an activating group) is 1. The van der Waals surface area contributed by atoms with Gasteiger partial charge in [0.05, 0.1) is 10.2 Å². The first-order chi connectivity index (χ1) is 8.61. The topological polar surface area (TPSA) is 42.7 Å². The lowest BCUT2D eigenvalue weighted by molar-refractivity contribution is 0.526. The molecule has 0 saturated carbocycles. The Labute approximate surface area is 113 Å². The molecular formula is C12H14BrFN4. The van der Waals surface area contributed by atoms with Crippen LogP contribution in [0.1, 0.15) is 17.3 Å². The second-order valence-electron chi connectivity index (χ2n) is 4.07. The number of aromatic nitrogens is 3. The van der Waals surface area contributed by atoms with Crippen molar-refractivity contribution >= 4 is 15.9 Å². The van der Waals surface area contributed by atoms with E-state index in [2.05, 4.69) is 31.6 Å². The monoisotopic (exact) mass is 312 g/mol. The Balaban J connectivity index is 2.25. The van der Waals surface area contributed by atoms with Gasteiger partial charge in [-0.25, -0.2) is 4.39 Å². The normalized spacial score (nSPS) is 12.7. The Hall–Kier alpha value is -1.27. The quantitative estimate of drug-likeness (QED) is 0.941. The third kappa shape index (κ3) is 2.76. The van der Waals surface area contributed by atoms with Gasteiger partial charge in [0.2, 0.25) is 0 Å². The van der Waals surface area contributed by atoms with Crippen LogP contribution in [0, 0.1) is 5.82 Å². The molecule has 18 heavy (non-hydrogen) atoms. The van der Waals surface area contributed by atoms with E-state index in [0.717, 1.165) is 5.69 Å². The minimum absolute atomic E-state index is 0.126. The van der Waals surface area contributed by atoms with Crippen molar-refractivity contribution in [3.8, 4) is 0 Å². The van der Waals surface area contributed by atoms with Gasteiger partial charge in [-0.15, -0.1) is 5.10 Å². The lowest BCUT2D eigenvalue weighted by Gasteiger charge is -2.16. The van der Waals surface area contributed by atoms with Gasteiger partial charge >= 0.3 is 0 Å². The molecule has 0 fully saturated rings. The van der Waals surface area contributed by atoms with E-state index in [1.165, 1.54) is 0 Å². The van der Waals surface area contributed by atoms with E-state index in [0.29, 0.717) is 16.5 Å². The maximum atomic E-state index is 14.0. The molecule has 0 saturated heterocycles. The third-order valence-corrected chi connectivity index (χ3v) is 3.38. The number of halogens is 2. The van der Waals surface area contributed by atoms with Gasteiger partial charge in [-0.2, -0.15) is 0 Å². The Morgan fingerprint density at radius 3 is 2.89 bits per heavy atom. The first-order valence-corrected chi connectivity index (χ1v) is 6.37. The minimum atomic E-state index is -0.235. The summed E-state index contributed by atoms with van der Waals surface area (Å²) in [6.07, 6.45) is 2.43. The summed E-state index contributed by atoms with van der Waals surface area (Å²) in [7, 11) is 3.62. The van der Waals surface area contributed by atoms with Crippen molar-refractivity contribution < 1.29 is 4.39 Å². The number of hydrogen-bond donors (Lipinski definition) is 1. The molecule has 0 spiro atoms. The van der Waals surface area contributed by atoms with Crippen LogP contribution in [0.25, 0.3) is 0 Å². The standard InChI is InChI=1S/C12H14BrFN4/c1-15-11(6-8-7-18(2)17-16-8)9-4-3-5-10(13)12(9)14/h3-5,7,11,15H,6H2,1-2H3. The smallest absolute Gasteiger partial charge is 0.142 e. The number of rotatable bonds is 4. The van der Waals surface area contributed by atoms with Crippen molar-refractivity contribution in [2.75, 3.05) is 7.05 Å². The second-order valence-corrected chi connectivity index (χ2v) is 4.93. The van der Waals surface area contributed by atoms with Gasteiger partial charge in [-0.05, 0) is 29.0 Å². The average molecular weight is 313 g/mol. The molecule has 2 aromatic rings. The molecule has 0 radical (unpaired) electrons. The maximum absolute atomic E-state index is 14.0. The number of benzene rings is 1. The lowest BCUT2D eigenvalue weighted by atomic mass is 10.0. The largest absolute Gasteiger partial charge is 0.313 e. The molecule has 0 bridgehead atoms. The van der Waals surface area contributed by atoms with Crippen LogP contribution in [0.2, 0.25) is 0 Å². The molecule has 0 aliphatic heterocycles. The minimum Gasteiger partial charge on any atom is -0.313 e. The highest BCUT2D eigenvalue weighted by molar-refractivity contribution is 9.10. The van der Waals surface area contributed by atoms with Crippen LogP contribution in [0.15, 0.2) is 28.9 Å². The summed E-state index contributed by atoms with van der Waals surface area (Å²) in [5.74, 6) is -0.235. The molecule has 1 aromatic carbocycles. The zero-order valence-corrected chi connectivity index (χ0v) is 11.8. The van der Waals surface area contributed by atoms with Crippen LogP contribution >= 0.6 is 15.9 Å².